The van der Waals surface area contributed by atoms with E-state index in [2.05, 4.69) is 15.1 Å². The van der Waals surface area contributed by atoms with Crippen LogP contribution in [-0.2, 0) is 23.9 Å². The van der Waals surface area contributed by atoms with Crippen molar-refractivity contribution >= 4 is 0 Å². The summed E-state index contributed by atoms with van der Waals surface area (Å²) in [6, 6.07) is 1.89. The highest BCUT2D eigenvalue weighted by Gasteiger charge is 2.24. The Bertz CT molecular complexity index is 389. The quantitative estimate of drug-likeness (QED) is 0.432. The van der Waals surface area contributed by atoms with E-state index < -0.39 is 5.60 Å². The van der Waals surface area contributed by atoms with Crippen LogP contribution < -0.4 is 0 Å². The normalized spacial score (nSPS) is 11.2. The minimum atomic E-state index is -0.393. The molecule has 6 nitrogen and oxygen atoms in total. The van der Waals surface area contributed by atoms with E-state index >= 15 is 0 Å². The zero-order valence-corrected chi connectivity index (χ0v) is 9.43. The summed E-state index contributed by atoms with van der Waals surface area (Å²) in [6.07, 6.45) is 0. The van der Waals surface area contributed by atoms with Crippen molar-refractivity contribution in [2.75, 3.05) is 7.11 Å². The number of hydrogen-bond donors (Lipinski definition) is 0. The largest absolute Gasteiger partial charge is 0.373 e. The van der Waals surface area contributed by atoms with Crippen molar-refractivity contribution in [2.45, 2.75) is 26.0 Å². The molecule has 1 heterocycles. The molecule has 0 aliphatic heterocycles. The topological polar surface area (TPSA) is 75.8 Å². The monoisotopic (exact) mass is 209 g/mol. The molecule has 0 saturated heterocycles. The highest BCUT2D eigenvalue weighted by atomic mass is 16.5. The molecule has 1 rings (SSSR count). The maximum absolute atomic E-state index is 8.21. The number of aromatic nitrogens is 2. The molecule has 0 saturated carbocycles. The smallest absolute Gasteiger partial charge is 0.104 e. The van der Waals surface area contributed by atoms with Gasteiger partial charge in [0.25, 0.3) is 0 Å². The van der Waals surface area contributed by atoms with Crippen LogP contribution in [0.4, 0.5) is 0 Å². The summed E-state index contributed by atoms with van der Waals surface area (Å²) >= 11 is 0. The van der Waals surface area contributed by atoms with Gasteiger partial charge in [-0.3, -0.25) is 4.68 Å². The lowest BCUT2D eigenvalue weighted by Gasteiger charge is -2.22. The first-order valence-electron chi connectivity index (χ1n) is 4.60. The molecule has 0 aromatic carbocycles. The summed E-state index contributed by atoms with van der Waals surface area (Å²) < 4.78 is 7.10. The Morgan fingerprint density at radius 3 is 2.87 bits per heavy atom. The Morgan fingerprint density at radius 1 is 1.67 bits per heavy atom. The average molecular weight is 209 g/mol. The van der Waals surface area contributed by atoms with Crippen LogP contribution >= 0.6 is 0 Å². The third kappa shape index (κ3) is 2.49. The Labute approximate surface area is 88.5 Å². The second-order valence-corrected chi connectivity index (χ2v) is 3.75. The molecule has 82 valence electrons. The number of aryl methyl sites for hydroxylation is 1. The van der Waals surface area contributed by atoms with E-state index in [1.807, 2.05) is 27.0 Å². The van der Waals surface area contributed by atoms with Crippen molar-refractivity contribution in [2.24, 2.45) is 12.2 Å². The summed E-state index contributed by atoms with van der Waals surface area (Å²) in [7, 11) is 3.50. The lowest BCUT2D eigenvalue weighted by molar-refractivity contribution is 0.0123. The highest BCUT2D eigenvalue weighted by Crippen LogP contribution is 2.23. The predicted molar refractivity (Wildman–Crippen MR) is 56.1 cm³/mol. The highest BCUT2D eigenvalue weighted by molar-refractivity contribution is 5.16. The molecule has 15 heavy (non-hydrogen) atoms. The zero-order valence-electron chi connectivity index (χ0n) is 9.43. The first-order chi connectivity index (χ1) is 7.01. The van der Waals surface area contributed by atoms with Gasteiger partial charge in [0.2, 0.25) is 0 Å². The van der Waals surface area contributed by atoms with E-state index in [9.17, 15) is 0 Å². The summed E-state index contributed by atoms with van der Waals surface area (Å²) in [5, 5.41) is 7.70. The van der Waals surface area contributed by atoms with Crippen molar-refractivity contribution in [3.63, 3.8) is 0 Å². The first kappa shape index (κ1) is 11.6. The van der Waals surface area contributed by atoms with Gasteiger partial charge in [-0.1, -0.05) is 5.11 Å². The molecular formula is C9H15N5O. The molecular weight excluding hydrogens is 194 g/mol. The van der Waals surface area contributed by atoms with Gasteiger partial charge in [0.05, 0.1) is 17.9 Å². The van der Waals surface area contributed by atoms with Crippen molar-refractivity contribution < 1.29 is 4.74 Å². The van der Waals surface area contributed by atoms with Crippen LogP contribution in [0, 0.1) is 0 Å². The molecule has 1 aromatic rings. The van der Waals surface area contributed by atoms with Gasteiger partial charge < -0.3 is 4.74 Å². The Balaban J connectivity index is 3.00. The minimum Gasteiger partial charge on any atom is -0.373 e. The van der Waals surface area contributed by atoms with E-state index in [0.717, 1.165) is 11.4 Å². The first-order valence-corrected chi connectivity index (χ1v) is 4.60. The van der Waals surface area contributed by atoms with Gasteiger partial charge in [-0.25, -0.2) is 0 Å². The van der Waals surface area contributed by atoms with Gasteiger partial charge in [-0.15, -0.1) is 0 Å². The number of rotatable bonds is 4. The van der Waals surface area contributed by atoms with Crippen molar-refractivity contribution in [1.29, 1.82) is 0 Å². The third-order valence-corrected chi connectivity index (χ3v) is 2.35. The fourth-order valence-electron chi connectivity index (χ4n) is 1.38. The van der Waals surface area contributed by atoms with Gasteiger partial charge in [0.1, 0.15) is 5.60 Å². The summed E-state index contributed by atoms with van der Waals surface area (Å²) in [5.41, 5.74) is 9.51. The Hall–Kier alpha value is -1.52. The second-order valence-electron chi connectivity index (χ2n) is 3.75. The molecule has 1 aromatic heterocycles. The maximum atomic E-state index is 8.21. The van der Waals surface area contributed by atoms with Gasteiger partial charge >= 0.3 is 0 Å². The van der Waals surface area contributed by atoms with E-state index in [0.29, 0.717) is 0 Å². The standard InChI is InChI=1S/C9H15N5O/c1-9(2,15-4)8-5-7(6-11-13-10)12-14(8)3/h5H,6H2,1-4H3. The zero-order chi connectivity index (χ0) is 11.5. The minimum absolute atomic E-state index is 0.268. The molecule has 0 bridgehead atoms. The molecule has 6 heteroatoms. The fourth-order valence-corrected chi connectivity index (χ4v) is 1.38. The van der Waals surface area contributed by atoms with Crippen molar-refractivity contribution in [3.05, 3.63) is 27.9 Å². The average Bonchev–Trinajstić information content (AvgIpc) is 2.57. The molecule has 0 aliphatic rings. The lowest BCUT2D eigenvalue weighted by Crippen LogP contribution is -2.22. The number of methoxy groups -OCH3 is 1. The van der Waals surface area contributed by atoms with Crippen LogP contribution in [0.25, 0.3) is 10.4 Å². The fraction of sp³-hybridized carbons (Fsp3) is 0.667. The van der Waals surface area contributed by atoms with E-state index in [1.165, 1.54) is 0 Å². The molecule has 0 amide bonds. The second kappa shape index (κ2) is 4.33. The van der Waals surface area contributed by atoms with E-state index in [-0.39, 0.29) is 6.54 Å². The Morgan fingerprint density at radius 2 is 2.33 bits per heavy atom. The van der Waals surface area contributed by atoms with Crippen LogP contribution in [-0.4, -0.2) is 16.9 Å². The Kier molecular flexibility index (Phi) is 3.34. The van der Waals surface area contributed by atoms with E-state index in [1.54, 1.807) is 11.8 Å². The maximum Gasteiger partial charge on any atom is 0.104 e. The lowest BCUT2D eigenvalue weighted by atomic mass is 10.0. The number of azide groups is 1. The molecule has 0 aliphatic carbocycles. The van der Waals surface area contributed by atoms with Gasteiger partial charge in [0, 0.05) is 19.1 Å². The third-order valence-electron chi connectivity index (χ3n) is 2.35. The molecule has 0 N–H and O–H groups in total. The van der Waals surface area contributed by atoms with Crippen LogP contribution in [0.1, 0.15) is 25.2 Å². The van der Waals surface area contributed by atoms with Crippen LogP contribution in [0.5, 0.6) is 0 Å². The number of ether oxygens (including phenoxy) is 1. The predicted octanol–water partition coefficient (Wildman–Crippen LogP) is 2.11. The van der Waals surface area contributed by atoms with Gasteiger partial charge in [0.15, 0.2) is 0 Å². The van der Waals surface area contributed by atoms with Gasteiger partial charge in [-0.05, 0) is 25.4 Å². The van der Waals surface area contributed by atoms with Crippen LogP contribution in [0.15, 0.2) is 11.2 Å². The van der Waals surface area contributed by atoms with Crippen molar-refractivity contribution in [1.82, 2.24) is 9.78 Å². The molecule has 0 radical (unpaired) electrons. The molecule has 0 spiro atoms. The molecule has 0 atom stereocenters. The van der Waals surface area contributed by atoms with Gasteiger partial charge in [-0.2, -0.15) is 5.10 Å². The van der Waals surface area contributed by atoms with Crippen LogP contribution in [0.2, 0.25) is 0 Å². The number of hydrogen-bond acceptors (Lipinski definition) is 3. The van der Waals surface area contributed by atoms with Crippen LogP contribution in [0.3, 0.4) is 0 Å². The number of nitrogens with zero attached hydrogens (tertiary/aromatic N) is 5. The van der Waals surface area contributed by atoms with Crippen molar-refractivity contribution in [3.8, 4) is 0 Å². The summed E-state index contributed by atoms with van der Waals surface area (Å²) in [6.45, 7) is 4.19. The summed E-state index contributed by atoms with van der Waals surface area (Å²) in [5.74, 6) is 0. The SMILES string of the molecule is COC(C)(C)c1cc(CN=[N+]=[N-])nn1C. The molecule has 0 unspecified atom stereocenters. The van der Waals surface area contributed by atoms with E-state index in [4.69, 9.17) is 10.3 Å². The molecule has 0 fully saturated rings. The summed E-state index contributed by atoms with van der Waals surface area (Å²) in [4.78, 5) is 2.70.